The van der Waals surface area contributed by atoms with Crippen molar-refractivity contribution < 1.29 is 9.59 Å². The quantitative estimate of drug-likeness (QED) is 0.706. The number of carbonyl (C=O) groups excluding carboxylic acids is 2. The summed E-state index contributed by atoms with van der Waals surface area (Å²) in [5.74, 6) is 0.659. The Morgan fingerprint density at radius 2 is 2.06 bits per heavy atom. The van der Waals surface area contributed by atoms with E-state index in [9.17, 15) is 9.59 Å². The van der Waals surface area contributed by atoms with Crippen LogP contribution in [0.1, 0.15) is 52.4 Å². The van der Waals surface area contributed by atoms with Gasteiger partial charge in [-0.05, 0) is 18.8 Å². The summed E-state index contributed by atoms with van der Waals surface area (Å²) in [6.45, 7) is 6.15. The van der Waals surface area contributed by atoms with Gasteiger partial charge in [0.25, 0.3) is 0 Å². The number of hydrogen-bond acceptors (Lipinski definition) is 2. The molecule has 1 atom stereocenters. The van der Waals surface area contributed by atoms with Crippen molar-refractivity contribution in [3.8, 4) is 0 Å². The van der Waals surface area contributed by atoms with E-state index < -0.39 is 0 Å². The third-order valence-electron chi connectivity index (χ3n) is 3.47. The summed E-state index contributed by atoms with van der Waals surface area (Å²) in [5.41, 5.74) is 0. The molecular weight excluding hydrogens is 228 g/mol. The number of rotatable bonds is 7. The van der Waals surface area contributed by atoms with Gasteiger partial charge in [0.15, 0.2) is 0 Å². The standard InChI is InChI=1S/C14H26N2O2/c1-3-4-5-6-7-13(17)15-10-14(18)16-9-8-12(2)11-16/h12H,3-11H2,1-2H3,(H,15,17). The number of likely N-dealkylation sites (tertiary alicyclic amines) is 1. The lowest BCUT2D eigenvalue weighted by atomic mass is 10.1. The van der Waals surface area contributed by atoms with Crippen molar-refractivity contribution in [3.63, 3.8) is 0 Å². The molecule has 2 amide bonds. The van der Waals surface area contributed by atoms with Gasteiger partial charge in [0.05, 0.1) is 6.54 Å². The lowest BCUT2D eigenvalue weighted by Crippen LogP contribution is -2.38. The molecule has 104 valence electrons. The summed E-state index contributed by atoms with van der Waals surface area (Å²) in [7, 11) is 0. The van der Waals surface area contributed by atoms with E-state index in [1.54, 1.807) is 0 Å². The third-order valence-corrected chi connectivity index (χ3v) is 3.47. The van der Waals surface area contributed by atoms with E-state index in [1.165, 1.54) is 12.8 Å². The third kappa shape index (κ3) is 5.52. The number of unbranched alkanes of at least 4 members (excludes halogenated alkanes) is 3. The van der Waals surface area contributed by atoms with Crippen LogP contribution in [0.2, 0.25) is 0 Å². The molecule has 1 rings (SSSR count). The Morgan fingerprint density at radius 1 is 1.28 bits per heavy atom. The minimum atomic E-state index is 0.00620. The van der Waals surface area contributed by atoms with Crippen LogP contribution < -0.4 is 5.32 Å². The molecule has 0 aliphatic carbocycles. The minimum Gasteiger partial charge on any atom is -0.347 e. The molecule has 18 heavy (non-hydrogen) atoms. The van der Waals surface area contributed by atoms with E-state index in [-0.39, 0.29) is 18.4 Å². The molecule has 1 heterocycles. The number of hydrogen-bond donors (Lipinski definition) is 1. The first-order valence-corrected chi connectivity index (χ1v) is 7.18. The summed E-state index contributed by atoms with van der Waals surface area (Å²) in [4.78, 5) is 25.1. The van der Waals surface area contributed by atoms with Gasteiger partial charge in [-0.25, -0.2) is 0 Å². The topological polar surface area (TPSA) is 49.4 Å². The molecule has 0 aromatic heterocycles. The Balaban J connectivity index is 2.08. The Bertz CT molecular complexity index is 279. The zero-order chi connectivity index (χ0) is 13.4. The highest BCUT2D eigenvalue weighted by Crippen LogP contribution is 2.14. The normalized spacial score (nSPS) is 19.0. The molecule has 1 saturated heterocycles. The second-order valence-corrected chi connectivity index (χ2v) is 5.32. The number of nitrogens with one attached hydrogen (secondary N) is 1. The molecule has 0 radical (unpaired) electrons. The van der Waals surface area contributed by atoms with E-state index in [4.69, 9.17) is 0 Å². The van der Waals surface area contributed by atoms with Crippen LogP contribution in [0, 0.1) is 5.92 Å². The van der Waals surface area contributed by atoms with E-state index in [1.807, 2.05) is 4.90 Å². The van der Waals surface area contributed by atoms with Crippen molar-refractivity contribution in [1.29, 1.82) is 0 Å². The van der Waals surface area contributed by atoms with E-state index >= 15 is 0 Å². The minimum absolute atomic E-state index is 0.00620. The first-order valence-electron chi connectivity index (χ1n) is 7.18. The number of nitrogens with zero attached hydrogens (tertiary/aromatic N) is 1. The fraction of sp³-hybridized carbons (Fsp3) is 0.857. The molecule has 1 N–H and O–H groups in total. The van der Waals surface area contributed by atoms with Gasteiger partial charge in [-0.2, -0.15) is 0 Å². The Hall–Kier alpha value is -1.06. The summed E-state index contributed by atoms with van der Waals surface area (Å²) < 4.78 is 0. The fourth-order valence-electron chi connectivity index (χ4n) is 2.25. The van der Waals surface area contributed by atoms with Crippen LogP contribution in [0.25, 0.3) is 0 Å². The highest BCUT2D eigenvalue weighted by atomic mass is 16.2. The highest BCUT2D eigenvalue weighted by Gasteiger charge is 2.22. The Labute approximate surface area is 110 Å². The summed E-state index contributed by atoms with van der Waals surface area (Å²) in [6, 6.07) is 0. The number of carbonyl (C=O) groups is 2. The van der Waals surface area contributed by atoms with Crippen LogP contribution in [0.3, 0.4) is 0 Å². The lowest BCUT2D eigenvalue weighted by molar-refractivity contribution is -0.132. The van der Waals surface area contributed by atoms with E-state index in [2.05, 4.69) is 19.2 Å². The maximum atomic E-state index is 11.8. The van der Waals surface area contributed by atoms with Gasteiger partial charge in [-0.1, -0.05) is 33.1 Å². The average Bonchev–Trinajstić information content (AvgIpc) is 2.78. The molecule has 0 saturated carbocycles. The second-order valence-electron chi connectivity index (χ2n) is 5.32. The lowest BCUT2D eigenvalue weighted by Gasteiger charge is -2.16. The maximum absolute atomic E-state index is 11.8. The van der Waals surface area contributed by atoms with Gasteiger partial charge in [0.2, 0.25) is 11.8 Å². The van der Waals surface area contributed by atoms with E-state index in [0.29, 0.717) is 12.3 Å². The van der Waals surface area contributed by atoms with Crippen LogP contribution >= 0.6 is 0 Å². The van der Waals surface area contributed by atoms with Crippen LogP contribution in [0.15, 0.2) is 0 Å². The summed E-state index contributed by atoms with van der Waals surface area (Å²) >= 11 is 0. The molecule has 1 unspecified atom stereocenters. The van der Waals surface area contributed by atoms with Crippen LogP contribution in [0.5, 0.6) is 0 Å². The van der Waals surface area contributed by atoms with Gasteiger partial charge >= 0.3 is 0 Å². The molecule has 0 aromatic rings. The van der Waals surface area contributed by atoms with Gasteiger partial charge in [-0.3, -0.25) is 9.59 Å². The van der Waals surface area contributed by atoms with Crippen molar-refractivity contribution in [2.24, 2.45) is 5.92 Å². The monoisotopic (exact) mass is 254 g/mol. The molecule has 1 aliphatic rings. The van der Waals surface area contributed by atoms with Crippen LogP contribution in [0.4, 0.5) is 0 Å². The van der Waals surface area contributed by atoms with Crippen molar-refractivity contribution in [2.75, 3.05) is 19.6 Å². The SMILES string of the molecule is CCCCCCC(=O)NCC(=O)N1CCC(C)C1. The second kappa shape index (κ2) is 8.11. The largest absolute Gasteiger partial charge is 0.347 e. The summed E-state index contributed by atoms with van der Waals surface area (Å²) in [6.07, 6.45) is 6.00. The molecule has 0 bridgehead atoms. The Morgan fingerprint density at radius 3 is 2.67 bits per heavy atom. The van der Waals surface area contributed by atoms with Crippen molar-refractivity contribution in [1.82, 2.24) is 10.2 Å². The molecule has 0 spiro atoms. The van der Waals surface area contributed by atoms with Gasteiger partial charge in [-0.15, -0.1) is 0 Å². The smallest absolute Gasteiger partial charge is 0.241 e. The zero-order valence-corrected chi connectivity index (χ0v) is 11.7. The molecule has 1 aliphatic heterocycles. The highest BCUT2D eigenvalue weighted by molar-refractivity contribution is 5.84. The van der Waals surface area contributed by atoms with Crippen LogP contribution in [-0.4, -0.2) is 36.3 Å². The number of amides is 2. The van der Waals surface area contributed by atoms with Crippen molar-refractivity contribution in [2.45, 2.75) is 52.4 Å². The first-order chi connectivity index (χ1) is 8.63. The van der Waals surface area contributed by atoms with Gasteiger partial charge in [0, 0.05) is 19.5 Å². The molecule has 1 fully saturated rings. The summed E-state index contributed by atoms with van der Waals surface area (Å²) in [5, 5.41) is 2.72. The molecular formula is C14H26N2O2. The molecule has 0 aromatic carbocycles. The average molecular weight is 254 g/mol. The van der Waals surface area contributed by atoms with E-state index in [0.717, 1.165) is 32.4 Å². The van der Waals surface area contributed by atoms with Gasteiger partial charge in [0.1, 0.15) is 0 Å². The van der Waals surface area contributed by atoms with Crippen LogP contribution in [-0.2, 0) is 9.59 Å². The first kappa shape index (κ1) is 15.0. The molecule has 4 nitrogen and oxygen atoms in total. The predicted octanol–water partition coefficient (Wildman–Crippen LogP) is 1.94. The van der Waals surface area contributed by atoms with Gasteiger partial charge < -0.3 is 10.2 Å². The zero-order valence-electron chi connectivity index (χ0n) is 11.7. The van der Waals surface area contributed by atoms with Crippen molar-refractivity contribution in [3.05, 3.63) is 0 Å². The van der Waals surface area contributed by atoms with Crippen molar-refractivity contribution >= 4 is 11.8 Å². The Kier molecular flexibility index (Phi) is 6.76. The predicted molar refractivity (Wildman–Crippen MR) is 72.1 cm³/mol. The maximum Gasteiger partial charge on any atom is 0.241 e. The molecule has 4 heteroatoms. The fourth-order valence-corrected chi connectivity index (χ4v) is 2.25.